The standard InChI is InChI=1S/C9H8N2.C7H6N2/c1-2-8-11(7-1)9-3-5-10-6-4-9;1-2-4-7-6(3-1)8-5-9-7/h1-8H;1-5H,(H,8,9). The van der Waals surface area contributed by atoms with Gasteiger partial charge in [0.05, 0.1) is 17.4 Å². The molecule has 0 aliphatic carbocycles. The van der Waals surface area contributed by atoms with E-state index in [2.05, 4.69) is 15.0 Å². The summed E-state index contributed by atoms with van der Waals surface area (Å²) in [4.78, 5) is 11.0. The Morgan fingerprint density at radius 2 is 1.60 bits per heavy atom. The van der Waals surface area contributed by atoms with Crippen molar-refractivity contribution >= 4 is 11.0 Å². The molecular formula is C16H14N4. The molecule has 0 unspecified atom stereocenters. The maximum Gasteiger partial charge on any atom is 0.0931 e. The Labute approximate surface area is 116 Å². The molecule has 3 aromatic heterocycles. The minimum absolute atomic E-state index is 1.03. The third-order valence-electron chi connectivity index (χ3n) is 2.89. The predicted molar refractivity (Wildman–Crippen MR) is 79.7 cm³/mol. The summed E-state index contributed by atoms with van der Waals surface area (Å²) in [7, 11) is 0. The molecule has 1 aromatic carbocycles. The highest BCUT2D eigenvalue weighted by atomic mass is 14.9. The summed E-state index contributed by atoms with van der Waals surface area (Å²) >= 11 is 0. The Morgan fingerprint density at radius 3 is 2.35 bits per heavy atom. The largest absolute Gasteiger partial charge is 0.345 e. The van der Waals surface area contributed by atoms with Crippen LogP contribution in [0.25, 0.3) is 16.7 Å². The molecule has 0 radical (unpaired) electrons. The summed E-state index contributed by atoms with van der Waals surface area (Å²) in [6.45, 7) is 0. The summed E-state index contributed by atoms with van der Waals surface area (Å²) in [6, 6.07) is 15.9. The van der Waals surface area contributed by atoms with Gasteiger partial charge in [-0.15, -0.1) is 0 Å². The molecule has 20 heavy (non-hydrogen) atoms. The topological polar surface area (TPSA) is 46.5 Å². The third kappa shape index (κ3) is 2.75. The van der Waals surface area contributed by atoms with Crippen LogP contribution in [0.5, 0.6) is 0 Å². The van der Waals surface area contributed by atoms with E-state index in [9.17, 15) is 0 Å². The van der Waals surface area contributed by atoms with E-state index in [1.54, 1.807) is 18.7 Å². The lowest BCUT2D eigenvalue weighted by Gasteiger charge is -1.99. The molecule has 4 heteroatoms. The zero-order chi connectivity index (χ0) is 13.6. The zero-order valence-corrected chi connectivity index (χ0v) is 10.8. The van der Waals surface area contributed by atoms with E-state index in [-0.39, 0.29) is 0 Å². The summed E-state index contributed by atoms with van der Waals surface area (Å²) in [6.07, 6.45) is 9.29. The Morgan fingerprint density at radius 1 is 0.850 bits per heavy atom. The van der Waals surface area contributed by atoms with Crippen LogP contribution in [-0.4, -0.2) is 19.5 Å². The lowest BCUT2D eigenvalue weighted by atomic mass is 10.3. The minimum Gasteiger partial charge on any atom is -0.345 e. The molecule has 4 nitrogen and oxygen atoms in total. The number of nitrogens with one attached hydrogen (secondary N) is 1. The second kappa shape index (κ2) is 5.84. The molecule has 0 aliphatic rings. The van der Waals surface area contributed by atoms with Gasteiger partial charge < -0.3 is 9.55 Å². The number of fused-ring (bicyclic) bond motifs is 1. The molecule has 4 rings (SSSR count). The third-order valence-corrected chi connectivity index (χ3v) is 2.89. The van der Waals surface area contributed by atoms with E-state index in [0.717, 1.165) is 16.7 Å². The van der Waals surface area contributed by atoms with E-state index in [0.29, 0.717) is 0 Å². The molecule has 3 heterocycles. The second-order valence-electron chi connectivity index (χ2n) is 4.22. The SMILES string of the molecule is c1ccc2[nH]cnc2c1.c1ccn(-c2ccncc2)c1. The molecule has 0 fully saturated rings. The van der Waals surface area contributed by atoms with Crippen molar-refractivity contribution in [3.63, 3.8) is 0 Å². The molecular weight excluding hydrogens is 248 g/mol. The minimum atomic E-state index is 1.03. The summed E-state index contributed by atoms with van der Waals surface area (Å²) in [5.41, 5.74) is 3.26. The van der Waals surface area contributed by atoms with Crippen LogP contribution in [0.4, 0.5) is 0 Å². The number of imidazole rings is 1. The lowest BCUT2D eigenvalue weighted by molar-refractivity contribution is 1.07. The van der Waals surface area contributed by atoms with Gasteiger partial charge in [0.2, 0.25) is 0 Å². The second-order valence-corrected chi connectivity index (χ2v) is 4.22. The van der Waals surface area contributed by atoms with Gasteiger partial charge in [-0.05, 0) is 36.4 Å². The zero-order valence-electron chi connectivity index (χ0n) is 10.8. The fourth-order valence-electron chi connectivity index (χ4n) is 1.90. The average Bonchev–Trinajstić information content (AvgIpc) is 3.20. The summed E-state index contributed by atoms with van der Waals surface area (Å²) < 4.78 is 2.04. The van der Waals surface area contributed by atoms with Crippen molar-refractivity contribution in [2.24, 2.45) is 0 Å². The molecule has 0 aliphatic heterocycles. The van der Waals surface area contributed by atoms with Crippen molar-refractivity contribution in [3.05, 3.63) is 79.6 Å². The van der Waals surface area contributed by atoms with Gasteiger partial charge in [0.1, 0.15) is 0 Å². The van der Waals surface area contributed by atoms with Crippen molar-refractivity contribution in [1.82, 2.24) is 19.5 Å². The Bertz CT molecular complexity index is 727. The maximum absolute atomic E-state index is 4.06. The van der Waals surface area contributed by atoms with Crippen molar-refractivity contribution in [2.75, 3.05) is 0 Å². The van der Waals surface area contributed by atoms with Gasteiger partial charge in [-0.2, -0.15) is 0 Å². The number of hydrogen-bond acceptors (Lipinski definition) is 2. The quantitative estimate of drug-likeness (QED) is 0.571. The van der Waals surface area contributed by atoms with E-state index in [4.69, 9.17) is 0 Å². The fraction of sp³-hybridized carbons (Fsp3) is 0. The van der Waals surface area contributed by atoms with Crippen LogP contribution < -0.4 is 0 Å². The molecule has 4 aromatic rings. The molecule has 98 valence electrons. The number of aromatic amines is 1. The van der Waals surface area contributed by atoms with E-state index in [1.165, 1.54) is 0 Å². The van der Waals surface area contributed by atoms with Crippen LogP contribution in [0.2, 0.25) is 0 Å². The van der Waals surface area contributed by atoms with Crippen LogP contribution in [0.3, 0.4) is 0 Å². The smallest absolute Gasteiger partial charge is 0.0931 e. The van der Waals surface area contributed by atoms with Gasteiger partial charge >= 0.3 is 0 Å². The first-order valence-electron chi connectivity index (χ1n) is 6.35. The summed E-state index contributed by atoms with van der Waals surface area (Å²) in [5.74, 6) is 0. The first kappa shape index (κ1) is 12.2. The van der Waals surface area contributed by atoms with Crippen LogP contribution in [-0.2, 0) is 0 Å². The van der Waals surface area contributed by atoms with Gasteiger partial charge in [0, 0.05) is 30.5 Å². The first-order chi connectivity index (χ1) is 9.93. The van der Waals surface area contributed by atoms with Gasteiger partial charge in [0.25, 0.3) is 0 Å². The van der Waals surface area contributed by atoms with Crippen LogP contribution in [0.15, 0.2) is 79.6 Å². The van der Waals surface area contributed by atoms with Gasteiger partial charge in [-0.25, -0.2) is 4.98 Å². The van der Waals surface area contributed by atoms with Gasteiger partial charge in [-0.1, -0.05) is 12.1 Å². The number of para-hydroxylation sites is 2. The number of rotatable bonds is 1. The number of benzene rings is 1. The van der Waals surface area contributed by atoms with Crippen LogP contribution in [0, 0.1) is 0 Å². The van der Waals surface area contributed by atoms with Crippen LogP contribution >= 0.6 is 0 Å². The van der Waals surface area contributed by atoms with Gasteiger partial charge in [-0.3, -0.25) is 4.98 Å². The Hall–Kier alpha value is -2.88. The highest BCUT2D eigenvalue weighted by Crippen LogP contribution is 2.05. The number of aromatic nitrogens is 4. The van der Waals surface area contributed by atoms with E-state index < -0.39 is 0 Å². The Kier molecular flexibility index (Phi) is 3.55. The molecule has 0 bridgehead atoms. The molecule has 0 spiro atoms. The molecule has 0 amide bonds. The van der Waals surface area contributed by atoms with E-state index >= 15 is 0 Å². The average molecular weight is 262 g/mol. The maximum atomic E-state index is 4.06. The van der Waals surface area contributed by atoms with Gasteiger partial charge in [0.15, 0.2) is 0 Å². The van der Waals surface area contributed by atoms with Crippen molar-refractivity contribution in [2.45, 2.75) is 0 Å². The number of pyridine rings is 1. The number of hydrogen-bond donors (Lipinski definition) is 1. The van der Waals surface area contributed by atoms with Crippen molar-refractivity contribution in [1.29, 1.82) is 0 Å². The fourth-order valence-corrected chi connectivity index (χ4v) is 1.90. The highest BCUT2D eigenvalue weighted by molar-refractivity contribution is 5.73. The number of H-pyrrole nitrogens is 1. The van der Waals surface area contributed by atoms with E-state index in [1.807, 2.05) is 65.5 Å². The molecule has 0 saturated carbocycles. The predicted octanol–water partition coefficient (Wildman–Crippen LogP) is 3.44. The van der Waals surface area contributed by atoms with Crippen LogP contribution in [0.1, 0.15) is 0 Å². The number of nitrogens with zero attached hydrogens (tertiary/aromatic N) is 3. The normalized spacial score (nSPS) is 10.0. The van der Waals surface area contributed by atoms with Crippen molar-refractivity contribution < 1.29 is 0 Å². The summed E-state index contributed by atoms with van der Waals surface area (Å²) in [5, 5.41) is 0. The molecule has 1 N–H and O–H groups in total. The Balaban J connectivity index is 0.000000123. The van der Waals surface area contributed by atoms with Crippen molar-refractivity contribution in [3.8, 4) is 5.69 Å². The highest BCUT2D eigenvalue weighted by Gasteiger charge is 1.90. The first-order valence-corrected chi connectivity index (χ1v) is 6.35. The monoisotopic (exact) mass is 262 g/mol. The molecule has 0 atom stereocenters. The lowest BCUT2D eigenvalue weighted by Crippen LogP contribution is -1.87. The molecule has 0 saturated heterocycles.